The smallest absolute Gasteiger partial charge is 0.260 e. The molecular formula is C20H19N3O3S. The lowest BCUT2D eigenvalue weighted by Gasteiger charge is -2.47. The highest BCUT2D eigenvalue weighted by molar-refractivity contribution is 7.84. The van der Waals surface area contributed by atoms with Crippen LogP contribution in [0.3, 0.4) is 0 Å². The van der Waals surface area contributed by atoms with Gasteiger partial charge in [0.25, 0.3) is 0 Å². The molecule has 9 atom stereocenters. The molecule has 2 aromatic rings. The Kier molecular flexibility index (Phi) is 2.00. The van der Waals surface area contributed by atoms with Crippen LogP contribution in [0.1, 0.15) is 24.9 Å². The van der Waals surface area contributed by atoms with Crippen LogP contribution in [0.4, 0.5) is 0 Å². The Morgan fingerprint density at radius 1 is 0.852 bits per heavy atom. The summed E-state index contributed by atoms with van der Waals surface area (Å²) in [5.41, 5.74) is 0.602. The van der Waals surface area contributed by atoms with Gasteiger partial charge in [-0.25, -0.2) is 23.5 Å². The van der Waals surface area contributed by atoms with Gasteiger partial charge in [0.1, 0.15) is 0 Å². The summed E-state index contributed by atoms with van der Waals surface area (Å²) in [6.07, 6.45) is 1.95. The molecule has 4 aliphatic carbocycles. The van der Waals surface area contributed by atoms with E-state index in [2.05, 4.69) is 0 Å². The first-order chi connectivity index (χ1) is 13.1. The molecule has 7 heteroatoms. The molecule has 138 valence electrons. The van der Waals surface area contributed by atoms with E-state index in [1.807, 2.05) is 39.7 Å². The van der Waals surface area contributed by atoms with Gasteiger partial charge in [0.05, 0.1) is 17.8 Å². The Balaban J connectivity index is 1.43. The molecule has 2 bridgehead atoms. The summed E-state index contributed by atoms with van der Waals surface area (Å²) in [5, 5.41) is 0. The van der Waals surface area contributed by atoms with Crippen LogP contribution in [0, 0.1) is 34.5 Å². The first-order valence-corrected chi connectivity index (χ1v) is 11.5. The van der Waals surface area contributed by atoms with Crippen molar-refractivity contribution >= 4 is 10.8 Å². The van der Waals surface area contributed by atoms with Crippen LogP contribution in [0.5, 0.6) is 0 Å². The van der Waals surface area contributed by atoms with Crippen molar-refractivity contribution < 1.29 is 4.21 Å². The molecule has 4 heterocycles. The normalized spacial score (nSPS) is 51.5. The van der Waals surface area contributed by atoms with E-state index in [0.717, 1.165) is 24.3 Å². The lowest BCUT2D eigenvalue weighted by molar-refractivity contribution is -0.00192. The van der Waals surface area contributed by atoms with Crippen molar-refractivity contribution in [2.24, 2.45) is 34.5 Å². The monoisotopic (exact) mass is 381 g/mol. The molecule has 3 unspecified atom stereocenters. The van der Waals surface area contributed by atoms with E-state index in [4.69, 9.17) is 0 Å². The van der Waals surface area contributed by atoms with Crippen molar-refractivity contribution in [3.63, 3.8) is 0 Å². The summed E-state index contributed by atoms with van der Waals surface area (Å²) in [7, 11) is -0.742. The van der Waals surface area contributed by atoms with E-state index >= 15 is 0 Å². The molecule has 0 radical (unpaired) electrons. The molecule has 5 fully saturated rings. The highest BCUT2D eigenvalue weighted by Crippen LogP contribution is 3.03. The fourth-order valence-electron chi connectivity index (χ4n) is 8.93. The van der Waals surface area contributed by atoms with Crippen LogP contribution in [0.15, 0.2) is 39.9 Å². The van der Waals surface area contributed by atoms with Gasteiger partial charge in [0.15, 0.2) is 0 Å². The van der Waals surface area contributed by atoms with Gasteiger partial charge in [-0.2, -0.15) is 0 Å². The van der Waals surface area contributed by atoms with Gasteiger partial charge in [-0.3, -0.25) is 4.21 Å². The van der Waals surface area contributed by atoms with Crippen molar-refractivity contribution in [1.29, 1.82) is 0 Å². The quantitative estimate of drug-likeness (QED) is 0.738. The lowest BCUT2D eigenvalue weighted by atomic mass is 9.69. The van der Waals surface area contributed by atoms with Crippen LogP contribution in [0.25, 0.3) is 5.69 Å². The molecule has 7 aliphatic rings. The van der Waals surface area contributed by atoms with E-state index in [-0.39, 0.29) is 34.3 Å². The van der Waals surface area contributed by atoms with Gasteiger partial charge in [-0.05, 0) is 48.6 Å². The van der Waals surface area contributed by atoms with E-state index in [1.165, 1.54) is 4.57 Å². The topological polar surface area (TPSA) is 66.0 Å². The first-order valence-electron chi connectivity index (χ1n) is 10.0. The minimum absolute atomic E-state index is 0.146. The average Bonchev–Trinajstić information content (AvgIpc) is 3.45. The first kappa shape index (κ1) is 14.2. The standard InChI is InChI=1S/C20H19N3O3S/c24-17-21(10-4-2-1-3-5-10)18(25)23-16-13-11-12(13)15(22(17)23)19-6-8-27(26)9-7-20(16,19)14(11)19/h1-5,11-16H,6-9H2/t11?,12-,13+,14?,15+,16-,19+,20-,27?. The van der Waals surface area contributed by atoms with Crippen LogP contribution in [0.2, 0.25) is 0 Å². The SMILES string of the molecule is O=c1n(-c2ccccc2)c(=O)n2n1[C@H]1[C@@H]3C4C5[C@@]16CCS(=O)CC[C@]56[C@H]2[C@@H]43. The number of benzene rings is 1. The van der Waals surface area contributed by atoms with Gasteiger partial charge in [-0.15, -0.1) is 0 Å². The third kappa shape index (κ3) is 1.11. The summed E-state index contributed by atoms with van der Waals surface area (Å²) < 4.78 is 17.4. The lowest BCUT2D eigenvalue weighted by Crippen LogP contribution is -2.52. The zero-order chi connectivity index (χ0) is 17.9. The average molecular weight is 381 g/mol. The van der Waals surface area contributed by atoms with E-state index in [0.29, 0.717) is 29.4 Å². The maximum atomic E-state index is 13.4. The number of nitrogens with zero attached hydrogens (tertiary/aromatic N) is 3. The van der Waals surface area contributed by atoms with Crippen LogP contribution in [-0.2, 0) is 10.8 Å². The minimum atomic E-state index is -0.742. The maximum Gasteiger partial charge on any atom is 0.352 e. The summed E-state index contributed by atoms with van der Waals surface area (Å²) >= 11 is 0. The van der Waals surface area contributed by atoms with Crippen molar-refractivity contribution in [2.45, 2.75) is 24.9 Å². The van der Waals surface area contributed by atoms with Crippen molar-refractivity contribution in [3.8, 4) is 5.69 Å². The molecule has 0 N–H and O–H groups in total. The second-order valence-corrected chi connectivity index (χ2v) is 11.1. The van der Waals surface area contributed by atoms with Gasteiger partial charge in [0, 0.05) is 33.1 Å². The summed E-state index contributed by atoms with van der Waals surface area (Å²) in [5.74, 6) is 4.08. The second kappa shape index (κ2) is 3.81. The minimum Gasteiger partial charge on any atom is -0.260 e. The third-order valence-corrected chi connectivity index (χ3v) is 10.6. The Morgan fingerprint density at radius 3 is 1.96 bits per heavy atom. The van der Waals surface area contributed by atoms with E-state index in [9.17, 15) is 13.8 Å². The number of para-hydroxylation sites is 1. The number of aromatic nitrogens is 3. The number of rotatable bonds is 1. The van der Waals surface area contributed by atoms with Gasteiger partial charge >= 0.3 is 11.4 Å². The molecule has 4 saturated carbocycles. The van der Waals surface area contributed by atoms with Crippen molar-refractivity contribution in [3.05, 3.63) is 51.3 Å². The third-order valence-electron chi connectivity index (χ3n) is 9.29. The van der Waals surface area contributed by atoms with E-state index < -0.39 is 10.8 Å². The van der Waals surface area contributed by atoms with Crippen LogP contribution in [-0.4, -0.2) is 29.6 Å². The van der Waals surface area contributed by atoms with Crippen LogP contribution < -0.4 is 11.4 Å². The Hall–Kier alpha value is -1.89. The van der Waals surface area contributed by atoms with Gasteiger partial charge in [-0.1, -0.05) is 18.2 Å². The summed E-state index contributed by atoms with van der Waals surface area (Å²) in [6, 6.07) is 9.62. The van der Waals surface area contributed by atoms with Gasteiger partial charge in [0.2, 0.25) is 0 Å². The molecule has 1 saturated heterocycles. The molecule has 6 nitrogen and oxygen atoms in total. The molecular weight excluding hydrogens is 362 g/mol. The fourth-order valence-corrected chi connectivity index (χ4v) is 10.3. The number of hydrogen-bond acceptors (Lipinski definition) is 3. The Morgan fingerprint density at radius 2 is 1.41 bits per heavy atom. The molecule has 3 aliphatic heterocycles. The maximum absolute atomic E-state index is 13.4. The van der Waals surface area contributed by atoms with Crippen LogP contribution >= 0.6 is 0 Å². The molecule has 0 amide bonds. The summed E-state index contributed by atoms with van der Waals surface area (Å²) in [4.78, 5) is 26.9. The fraction of sp³-hybridized carbons (Fsp3) is 0.600. The second-order valence-electron chi connectivity index (χ2n) is 9.45. The molecule has 1 aromatic heterocycles. The molecule has 9 rings (SSSR count). The molecule has 2 spiro atoms. The largest absolute Gasteiger partial charge is 0.352 e. The Labute approximate surface area is 157 Å². The predicted molar refractivity (Wildman–Crippen MR) is 98.3 cm³/mol. The highest BCUT2D eigenvalue weighted by Gasteiger charge is 3.02. The van der Waals surface area contributed by atoms with Crippen molar-refractivity contribution in [1.82, 2.24) is 13.9 Å². The Bertz CT molecular complexity index is 1140. The highest BCUT2D eigenvalue weighted by atomic mass is 32.2. The summed E-state index contributed by atoms with van der Waals surface area (Å²) in [6.45, 7) is 0. The zero-order valence-corrected chi connectivity index (χ0v) is 15.5. The molecule has 27 heavy (non-hydrogen) atoms. The van der Waals surface area contributed by atoms with Gasteiger partial charge < -0.3 is 0 Å². The van der Waals surface area contributed by atoms with Crippen molar-refractivity contribution in [2.75, 3.05) is 11.5 Å². The predicted octanol–water partition coefficient (Wildman–Crippen LogP) is 0.931. The van der Waals surface area contributed by atoms with E-state index in [1.54, 1.807) is 0 Å². The molecule has 1 aromatic carbocycles. The zero-order valence-electron chi connectivity index (χ0n) is 14.7. The number of hydrogen-bond donors (Lipinski definition) is 0.